The van der Waals surface area contributed by atoms with E-state index in [0.717, 1.165) is 0 Å². The topological polar surface area (TPSA) is 47.6 Å². The second-order valence-electron chi connectivity index (χ2n) is 4.86. The van der Waals surface area contributed by atoms with Crippen molar-refractivity contribution >= 4 is 11.6 Å². The molecule has 0 saturated heterocycles. The fourth-order valence-corrected chi connectivity index (χ4v) is 2.07. The van der Waals surface area contributed by atoms with Gasteiger partial charge in [0.2, 0.25) is 11.7 Å². The molecule has 2 aromatic carbocycles. The largest absolute Gasteiger partial charge is 0.493 e. The quantitative estimate of drug-likeness (QED) is 0.503. The summed E-state index contributed by atoms with van der Waals surface area (Å²) in [6.45, 7) is 0. The van der Waals surface area contributed by atoms with Gasteiger partial charge in [-0.25, -0.2) is 22.0 Å². The maximum Gasteiger partial charge on any atom is 0.228 e. The van der Waals surface area contributed by atoms with Crippen LogP contribution in [0.15, 0.2) is 18.2 Å². The van der Waals surface area contributed by atoms with Gasteiger partial charge in [-0.3, -0.25) is 4.79 Å². The van der Waals surface area contributed by atoms with E-state index in [0.29, 0.717) is 17.1 Å². The molecule has 4 nitrogen and oxygen atoms in total. The molecule has 0 unspecified atom stereocenters. The number of methoxy groups -OCH3 is 2. The molecule has 0 spiro atoms. The van der Waals surface area contributed by atoms with E-state index in [1.165, 1.54) is 32.4 Å². The Hall–Kier alpha value is -2.84. The summed E-state index contributed by atoms with van der Waals surface area (Å²) < 4.78 is 76.4. The van der Waals surface area contributed by atoms with Crippen molar-refractivity contribution in [2.45, 2.75) is 6.42 Å². The zero-order chi connectivity index (χ0) is 18.7. The van der Waals surface area contributed by atoms with E-state index in [-0.39, 0.29) is 6.42 Å². The van der Waals surface area contributed by atoms with E-state index in [1.54, 1.807) is 5.32 Å². The molecule has 0 fully saturated rings. The lowest BCUT2D eigenvalue weighted by atomic mass is 10.1. The van der Waals surface area contributed by atoms with Crippen LogP contribution in [0.5, 0.6) is 11.5 Å². The summed E-state index contributed by atoms with van der Waals surface area (Å²) in [4.78, 5) is 11.9. The Labute approximate surface area is 139 Å². The third kappa shape index (κ3) is 3.65. The number of hydrogen-bond donors (Lipinski definition) is 1. The Morgan fingerprint density at radius 3 is 1.92 bits per heavy atom. The van der Waals surface area contributed by atoms with Crippen molar-refractivity contribution in [2.24, 2.45) is 0 Å². The molecule has 2 rings (SSSR count). The van der Waals surface area contributed by atoms with Crippen LogP contribution in [0.4, 0.5) is 27.6 Å². The average molecular weight is 361 g/mol. The molecule has 0 bridgehead atoms. The lowest BCUT2D eigenvalue weighted by Crippen LogP contribution is -2.18. The van der Waals surface area contributed by atoms with Crippen LogP contribution >= 0.6 is 0 Å². The SMILES string of the molecule is COc1ccc(CC(=O)Nc2c(F)c(F)c(F)c(F)c2F)cc1OC. The van der Waals surface area contributed by atoms with Gasteiger partial charge in [0.25, 0.3) is 0 Å². The van der Waals surface area contributed by atoms with E-state index in [1.807, 2.05) is 0 Å². The van der Waals surface area contributed by atoms with Crippen molar-refractivity contribution in [3.63, 3.8) is 0 Å². The molecule has 0 radical (unpaired) electrons. The highest BCUT2D eigenvalue weighted by Gasteiger charge is 2.26. The molecule has 0 aliphatic heterocycles. The van der Waals surface area contributed by atoms with Crippen LogP contribution in [0.2, 0.25) is 0 Å². The summed E-state index contributed by atoms with van der Waals surface area (Å²) >= 11 is 0. The number of benzene rings is 2. The summed E-state index contributed by atoms with van der Waals surface area (Å²) in [6.07, 6.45) is -0.389. The van der Waals surface area contributed by atoms with E-state index in [9.17, 15) is 26.7 Å². The van der Waals surface area contributed by atoms with Gasteiger partial charge in [-0.05, 0) is 17.7 Å². The molecule has 0 aromatic heterocycles. The third-order valence-corrected chi connectivity index (χ3v) is 3.29. The average Bonchev–Trinajstić information content (AvgIpc) is 2.61. The molecule has 2 aromatic rings. The minimum Gasteiger partial charge on any atom is -0.493 e. The lowest BCUT2D eigenvalue weighted by molar-refractivity contribution is -0.115. The summed E-state index contributed by atoms with van der Waals surface area (Å²) in [5, 5.41) is 1.69. The van der Waals surface area contributed by atoms with Gasteiger partial charge in [0, 0.05) is 0 Å². The molecule has 0 aliphatic rings. The number of carbonyl (C=O) groups excluding carboxylic acids is 1. The Balaban J connectivity index is 2.24. The number of hydrogen-bond acceptors (Lipinski definition) is 3. The molecule has 9 heteroatoms. The minimum atomic E-state index is -2.30. The first-order valence-corrected chi connectivity index (χ1v) is 6.82. The van der Waals surface area contributed by atoms with Crippen molar-refractivity contribution in [3.05, 3.63) is 52.8 Å². The zero-order valence-corrected chi connectivity index (χ0v) is 13.1. The van der Waals surface area contributed by atoms with E-state index in [2.05, 4.69) is 0 Å². The first-order chi connectivity index (χ1) is 11.8. The summed E-state index contributed by atoms with van der Waals surface area (Å²) in [6, 6.07) is 4.43. The van der Waals surface area contributed by atoms with E-state index < -0.39 is 40.7 Å². The van der Waals surface area contributed by atoms with E-state index in [4.69, 9.17) is 9.47 Å². The Morgan fingerprint density at radius 1 is 0.880 bits per heavy atom. The number of carbonyl (C=O) groups is 1. The number of rotatable bonds is 5. The number of halogens is 5. The predicted molar refractivity (Wildman–Crippen MR) is 78.1 cm³/mol. The molecule has 25 heavy (non-hydrogen) atoms. The van der Waals surface area contributed by atoms with Crippen molar-refractivity contribution in [2.75, 3.05) is 19.5 Å². The predicted octanol–water partition coefficient (Wildman–Crippen LogP) is 3.58. The van der Waals surface area contributed by atoms with Gasteiger partial charge >= 0.3 is 0 Å². The van der Waals surface area contributed by atoms with Crippen LogP contribution < -0.4 is 14.8 Å². The Bertz CT molecular complexity index is 797. The summed E-state index contributed by atoms with van der Waals surface area (Å²) in [5.41, 5.74) is -1.03. The Kier molecular flexibility index (Phi) is 5.45. The van der Waals surface area contributed by atoms with Gasteiger partial charge in [-0.2, -0.15) is 0 Å². The van der Waals surface area contributed by atoms with Gasteiger partial charge < -0.3 is 14.8 Å². The van der Waals surface area contributed by atoms with Crippen molar-refractivity contribution in [1.29, 1.82) is 0 Å². The molecule has 0 aliphatic carbocycles. The monoisotopic (exact) mass is 361 g/mol. The third-order valence-electron chi connectivity index (χ3n) is 3.29. The highest BCUT2D eigenvalue weighted by molar-refractivity contribution is 5.92. The second kappa shape index (κ2) is 7.37. The van der Waals surface area contributed by atoms with Crippen LogP contribution in [-0.4, -0.2) is 20.1 Å². The fraction of sp³-hybridized carbons (Fsp3) is 0.188. The van der Waals surface area contributed by atoms with Gasteiger partial charge in [0.15, 0.2) is 34.8 Å². The van der Waals surface area contributed by atoms with Gasteiger partial charge in [0.1, 0.15) is 5.69 Å². The zero-order valence-electron chi connectivity index (χ0n) is 13.1. The van der Waals surface area contributed by atoms with Gasteiger partial charge in [-0.1, -0.05) is 6.07 Å². The van der Waals surface area contributed by atoms with Crippen LogP contribution in [-0.2, 0) is 11.2 Å². The molecule has 0 heterocycles. The molecule has 1 N–H and O–H groups in total. The highest BCUT2D eigenvalue weighted by Crippen LogP contribution is 2.29. The smallest absolute Gasteiger partial charge is 0.228 e. The first kappa shape index (κ1) is 18.5. The van der Waals surface area contributed by atoms with E-state index >= 15 is 0 Å². The minimum absolute atomic E-state index is 0.309. The standard InChI is InChI=1S/C16H12F5NO3/c1-24-8-4-3-7(5-9(8)25-2)6-10(23)22-16-14(20)12(18)11(17)13(19)15(16)21/h3-5H,6H2,1-2H3,(H,22,23). The van der Waals surface area contributed by atoms with Crippen molar-refractivity contribution in [1.82, 2.24) is 0 Å². The highest BCUT2D eigenvalue weighted by atomic mass is 19.2. The number of anilines is 1. The summed E-state index contributed by atoms with van der Waals surface area (Å²) in [7, 11) is 2.78. The second-order valence-corrected chi connectivity index (χ2v) is 4.86. The number of ether oxygens (including phenoxy) is 2. The maximum atomic E-state index is 13.5. The van der Waals surface area contributed by atoms with Gasteiger partial charge in [-0.15, -0.1) is 0 Å². The molecular weight excluding hydrogens is 349 g/mol. The molecular formula is C16H12F5NO3. The maximum absolute atomic E-state index is 13.5. The fourth-order valence-electron chi connectivity index (χ4n) is 2.07. The number of amides is 1. The van der Waals surface area contributed by atoms with Crippen LogP contribution in [0, 0.1) is 29.1 Å². The normalized spacial score (nSPS) is 10.5. The Morgan fingerprint density at radius 2 is 1.40 bits per heavy atom. The summed E-state index contributed by atoms with van der Waals surface area (Å²) in [5.74, 6) is -11.1. The van der Waals surface area contributed by atoms with Crippen molar-refractivity contribution in [3.8, 4) is 11.5 Å². The molecule has 0 atom stereocenters. The molecule has 1 amide bonds. The van der Waals surface area contributed by atoms with Crippen LogP contribution in [0.25, 0.3) is 0 Å². The molecule has 134 valence electrons. The van der Waals surface area contributed by atoms with Crippen LogP contribution in [0.3, 0.4) is 0 Å². The van der Waals surface area contributed by atoms with Crippen LogP contribution in [0.1, 0.15) is 5.56 Å². The lowest BCUT2D eigenvalue weighted by Gasteiger charge is -2.11. The molecule has 0 saturated carbocycles. The van der Waals surface area contributed by atoms with Gasteiger partial charge in [0.05, 0.1) is 20.6 Å². The van der Waals surface area contributed by atoms with Crippen molar-refractivity contribution < 1.29 is 36.2 Å². The first-order valence-electron chi connectivity index (χ1n) is 6.82. The number of nitrogens with one attached hydrogen (secondary N) is 1.